The summed E-state index contributed by atoms with van der Waals surface area (Å²) in [6.45, 7) is 11.7. The molecule has 2 aromatic heterocycles. The van der Waals surface area contributed by atoms with E-state index >= 15 is 0 Å². The van der Waals surface area contributed by atoms with Crippen molar-refractivity contribution in [3.63, 3.8) is 0 Å². The Labute approximate surface area is 169 Å². The maximum Gasteiger partial charge on any atom is 0.196 e. The number of aromatic nitrogens is 1. The lowest BCUT2D eigenvalue weighted by molar-refractivity contribution is 0.0684. The molecular formula is C20H26ClN3O2S. The Hall–Kier alpha value is -1.47. The van der Waals surface area contributed by atoms with Crippen molar-refractivity contribution in [1.82, 2.24) is 14.8 Å². The lowest BCUT2D eigenvalue weighted by atomic mass is 10.0. The molecule has 1 N–H and O–H groups in total. The number of H-pyrrole nitrogens is 1. The Bertz CT molecular complexity index is 850. The molecule has 0 saturated carbocycles. The molecule has 3 rings (SSSR count). The summed E-state index contributed by atoms with van der Waals surface area (Å²) in [7, 11) is 0. The standard InChI is InChI=1S/C20H26ClN3O2S/c1-12-18(15(4)25)13(2)22-19(12)20(26)14(3)24-9-7-23(8-10-24)11-16-5-6-17(21)27-16/h5-6,14,22H,7-11H2,1-4H3/t14-/m1/s1. The molecule has 0 spiro atoms. The number of nitrogens with zero attached hydrogens (tertiary/aromatic N) is 2. The molecule has 0 aromatic carbocycles. The SMILES string of the molecule is CC(=O)c1c(C)[nH]c(C(=O)[C@@H](C)N2CCN(Cc3ccc(Cl)s3)CC2)c1C. The van der Waals surface area contributed by atoms with E-state index in [9.17, 15) is 9.59 Å². The first-order valence-corrected chi connectivity index (χ1v) is 10.4. The van der Waals surface area contributed by atoms with Gasteiger partial charge in [-0.05, 0) is 45.4 Å². The number of ketones is 2. The van der Waals surface area contributed by atoms with Crippen molar-refractivity contribution in [2.75, 3.05) is 26.2 Å². The van der Waals surface area contributed by atoms with Crippen molar-refractivity contribution in [2.45, 2.75) is 40.3 Å². The molecule has 3 heterocycles. The van der Waals surface area contributed by atoms with Gasteiger partial charge in [0, 0.05) is 48.9 Å². The third-order valence-corrected chi connectivity index (χ3v) is 6.59. The third kappa shape index (κ3) is 4.35. The van der Waals surface area contributed by atoms with Gasteiger partial charge >= 0.3 is 0 Å². The number of Topliss-reactive ketones (excluding diaryl/α,β-unsaturated/α-hetero) is 2. The normalized spacial score (nSPS) is 17.2. The maximum atomic E-state index is 13.0. The zero-order valence-electron chi connectivity index (χ0n) is 16.3. The average Bonchev–Trinajstić information content (AvgIpc) is 3.16. The number of carbonyl (C=O) groups excluding carboxylic acids is 2. The van der Waals surface area contributed by atoms with Crippen LogP contribution in [0.15, 0.2) is 12.1 Å². The van der Waals surface area contributed by atoms with Crippen molar-refractivity contribution in [3.8, 4) is 0 Å². The van der Waals surface area contributed by atoms with Gasteiger partial charge in [0.2, 0.25) is 0 Å². The largest absolute Gasteiger partial charge is 0.355 e. The molecule has 1 atom stereocenters. The first kappa shape index (κ1) is 20.3. The summed E-state index contributed by atoms with van der Waals surface area (Å²) in [6, 6.07) is 3.81. The van der Waals surface area contributed by atoms with Crippen LogP contribution in [0.4, 0.5) is 0 Å². The average molecular weight is 408 g/mol. The van der Waals surface area contributed by atoms with E-state index in [4.69, 9.17) is 11.6 Å². The van der Waals surface area contributed by atoms with E-state index in [2.05, 4.69) is 20.9 Å². The highest BCUT2D eigenvalue weighted by Gasteiger charge is 2.29. The van der Waals surface area contributed by atoms with Gasteiger partial charge in [0.25, 0.3) is 0 Å². The zero-order valence-corrected chi connectivity index (χ0v) is 17.8. The second-order valence-electron chi connectivity index (χ2n) is 7.24. The van der Waals surface area contributed by atoms with E-state index < -0.39 is 0 Å². The van der Waals surface area contributed by atoms with Crippen molar-refractivity contribution in [2.24, 2.45) is 0 Å². The first-order chi connectivity index (χ1) is 12.8. The number of piperazine rings is 1. The number of thiophene rings is 1. The predicted octanol–water partition coefficient (Wildman–Crippen LogP) is 3.94. The lowest BCUT2D eigenvalue weighted by Crippen LogP contribution is -2.51. The Morgan fingerprint density at radius 1 is 1.22 bits per heavy atom. The van der Waals surface area contributed by atoms with Gasteiger partial charge in [0.1, 0.15) is 0 Å². The van der Waals surface area contributed by atoms with Crippen LogP contribution in [-0.4, -0.2) is 58.6 Å². The molecule has 0 bridgehead atoms. The quantitative estimate of drug-likeness (QED) is 0.737. The van der Waals surface area contributed by atoms with Gasteiger partial charge < -0.3 is 4.98 Å². The minimum atomic E-state index is -0.208. The van der Waals surface area contributed by atoms with E-state index in [-0.39, 0.29) is 17.6 Å². The summed E-state index contributed by atoms with van der Waals surface area (Å²) in [5.41, 5.74) is 2.76. The second-order valence-corrected chi connectivity index (χ2v) is 9.04. The van der Waals surface area contributed by atoms with Crippen LogP contribution in [0.3, 0.4) is 0 Å². The summed E-state index contributed by atoms with van der Waals surface area (Å²) < 4.78 is 0.824. The smallest absolute Gasteiger partial charge is 0.196 e. The Morgan fingerprint density at radius 2 is 1.89 bits per heavy atom. The van der Waals surface area contributed by atoms with E-state index in [1.807, 2.05) is 26.8 Å². The van der Waals surface area contributed by atoms with Crippen LogP contribution >= 0.6 is 22.9 Å². The van der Waals surface area contributed by atoms with Gasteiger partial charge in [-0.3, -0.25) is 19.4 Å². The monoisotopic (exact) mass is 407 g/mol. The minimum Gasteiger partial charge on any atom is -0.355 e. The molecule has 146 valence electrons. The van der Waals surface area contributed by atoms with Crippen LogP contribution < -0.4 is 0 Å². The van der Waals surface area contributed by atoms with Crippen LogP contribution in [0.5, 0.6) is 0 Å². The van der Waals surface area contributed by atoms with Crippen LogP contribution in [0.1, 0.15) is 50.8 Å². The zero-order chi connectivity index (χ0) is 19.7. The molecule has 0 amide bonds. The van der Waals surface area contributed by atoms with Crippen LogP contribution in [0, 0.1) is 13.8 Å². The van der Waals surface area contributed by atoms with Crippen molar-refractivity contribution >= 4 is 34.5 Å². The predicted molar refractivity (Wildman–Crippen MR) is 110 cm³/mol. The molecule has 7 heteroatoms. The van der Waals surface area contributed by atoms with Gasteiger partial charge in [-0.1, -0.05) is 11.6 Å². The molecule has 1 saturated heterocycles. The van der Waals surface area contributed by atoms with Crippen LogP contribution in [-0.2, 0) is 6.54 Å². The van der Waals surface area contributed by atoms with Crippen molar-refractivity contribution < 1.29 is 9.59 Å². The molecule has 1 fully saturated rings. The number of aryl methyl sites for hydroxylation is 1. The molecule has 0 unspecified atom stereocenters. The molecular weight excluding hydrogens is 382 g/mol. The minimum absolute atomic E-state index is 0.00440. The third-order valence-electron chi connectivity index (χ3n) is 5.38. The van der Waals surface area contributed by atoms with Crippen molar-refractivity contribution in [3.05, 3.63) is 43.9 Å². The highest BCUT2D eigenvalue weighted by Crippen LogP contribution is 2.24. The van der Waals surface area contributed by atoms with E-state index in [1.165, 1.54) is 4.88 Å². The summed E-state index contributed by atoms with van der Waals surface area (Å²) in [4.78, 5) is 33.9. The number of rotatable bonds is 6. The lowest BCUT2D eigenvalue weighted by Gasteiger charge is -2.37. The highest BCUT2D eigenvalue weighted by molar-refractivity contribution is 7.16. The number of aromatic amines is 1. The molecule has 0 aliphatic carbocycles. The summed E-state index contributed by atoms with van der Waals surface area (Å²) in [5, 5.41) is 0. The van der Waals surface area contributed by atoms with E-state index in [0.717, 1.165) is 48.3 Å². The summed E-state index contributed by atoms with van der Waals surface area (Å²) in [6.07, 6.45) is 0. The molecule has 1 aliphatic rings. The number of hydrogen-bond acceptors (Lipinski definition) is 5. The molecule has 2 aromatic rings. The number of nitrogens with one attached hydrogen (secondary N) is 1. The number of carbonyl (C=O) groups is 2. The van der Waals surface area contributed by atoms with Crippen LogP contribution in [0.2, 0.25) is 4.34 Å². The fourth-order valence-electron chi connectivity index (χ4n) is 3.87. The maximum absolute atomic E-state index is 13.0. The first-order valence-electron chi connectivity index (χ1n) is 9.23. The molecule has 5 nitrogen and oxygen atoms in total. The molecule has 1 aliphatic heterocycles. The topological polar surface area (TPSA) is 56.4 Å². The summed E-state index contributed by atoms with van der Waals surface area (Å²) in [5.74, 6) is 0.0526. The Morgan fingerprint density at radius 3 is 2.41 bits per heavy atom. The number of hydrogen-bond donors (Lipinski definition) is 1. The van der Waals surface area contributed by atoms with Gasteiger partial charge in [-0.15, -0.1) is 11.3 Å². The van der Waals surface area contributed by atoms with Gasteiger partial charge in [-0.2, -0.15) is 0 Å². The Balaban J connectivity index is 1.62. The number of halogens is 1. The highest BCUT2D eigenvalue weighted by atomic mass is 35.5. The summed E-state index contributed by atoms with van der Waals surface area (Å²) >= 11 is 7.63. The fourth-order valence-corrected chi connectivity index (χ4v) is 5.00. The second kappa shape index (κ2) is 8.27. The Kier molecular flexibility index (Phi) is 6.21. The fraction of sp³-hybridized carbons (Fsp3) is 0.500. The van der Waals surface area contributed by atoms with E-state index in [0.29, 0.717) is 11.3 Å². The molecule has 27 heavy (non-hydrogen) atoms. The van der Waals surface area contributed by atoms with Crippen LogP contribution in [0.25, 0.3) is 0 Å². The van der Waals surface area contributed by atoms with E-state index in [1.54, 1.807) is 18.3 Å². The van der Waals surface area contributed by atoms with Gasteiger partial charge in [0.05, 0.1) is 16.1 Å². The van der Waals surface area contributed by atoms with Gasteiger partial charge in [-0.25, -0.2) is 0 Å². The van der Waals surface area contributed by atoms with Crippen molar-refractivity contribution in [1.29, 1.82) is 0 Å². The molecule has 0 radical (unpaired) electrons. The van der Waals surface area contributed by atoms with Gasteiger partial charge in [0.15, 0.2) is 11.6 Å².